The minimum Gasteiger partial charge on any atom is -0.446 e. The Morgan fingerprint density at radius 1 is 1.31 bits per heavy atom. The maximum atomic E-state index is 12.7. The number of aliphatic imine (C=N–C) groups is 1. The number of carbonyl (C=O) groups is 3. The predicted molar refractivity (Wildman–Crippen MR) is 106 cm³/mol. The van der Waals surface area contributed by atoms with Gasteiger partial charge in [-0.05, 0) is 11.8 Å². The standard InChI is InChI=1S/C20H29N5O4/c1-20(2,3)15-8-13(29-19(21)28)6-7-23(15)10-12-11-24-17(27)9-22-14-4-5-16(26)25(12)18(14)24/h4-5,9,12-15,18H,6-8,10-11H2,1-3H3,(H2,21,28). The second kappa shape index (κ2) is 7.12. The topological polar surface area (TPSA) is 109 Å². The lowest BCUT2D eigenvalue weighted by Gasteiger charge is -2.47. The number of hydrogen-bond acceptors (Lipinski definition) is 6. The van der Waals surface area contributed by atoms with Crippen LogP contribution in [0, 0.1) is 5.41 Å². The van der Waals surface area contributed by atoms with E-state index in [9.17, 15) is 14.4 Å². The van der Waals surface area contributed by atoms with Gasteiger partial charge in [-0.15, -0.1) is 0 Å². The van der Waals surface area contributed by atoms with Gasteiger partial charge in [0.25, 0.3) is 5.91 Å². The van der Waals surface area contributed by atoms with E-state index in [0.717, 1.165) is 6.54 Å². The Hall–Kier alpha value is -2.42. The van der Waals surface area contributed by atoms with E-state index in [0.29, 0.717) is 25.9 Å². The van der Waals surface area contributed by atoms with E-state index >= 15 is 0 Å². The molecule has 9 nitrogen and oxygen atoms in total. The molecule has 4 rings (SSSR count). The van der Waals surface area contributed by atoms with Gasteiger partial charge < -0.3 is 20.3 Å². The van der Waals surface area contributed by atoms with E-state index in [4.69, 9.17) is 10.5 Å². The van der Waals surface area contributed by atoms with Crippen molar-refractivity contribution < 1.29 is 19.1 Å². The average molecular weight is 403 g/mol. The van der Waals surface area contributed by atoms with Crippen LogP contribution in [-0.2, 0) is 14.3 Å². The first-order chi connectivity index (χ1) is 13.6. The summed E-state index contributed by atoms with van der Waals surface area (Å²) < 4.78 is 5.28. The van der Waals surface area contributed by atoms with Crippen LogP contribution in [0.2, 0.25) is 0 Å². The lowest BCUT2D eigenvalue weighted by atomic mass is 9.79. The van der Waals surface area contributed by atoms with Crippen LogP contribution < -0.4 is 5.73 Å². The van der Waals surface area contributed by atoms with Gasteiger partial charge in [-0.25, -0.2) is 4.79 Å². The molecule has 4 aliphatic heterocycles. The highest BCUT2D eigenvalue weighted by Gasteiger charge is 2.51. The Kier molecular flexibility index (Phi) is 4.88. The van der Waals surface area contributed by atoms with Gasteiger partial charge in [0.2, 0.25) is 5.91 Å². The Morgan fingerprint density at radius 3 is 2.76 bits per heavy atom. The number of carbonyl (C=O) groups excluding carboxylic acids is 3. The molecule has 3 amide bonds. The first-order valence-electron chi connectivity index (χ1n) is 10.2. The van der Waals surface area contributed by atoms with Gasteiger partial charge in [-0.1, -0.05) is 26.8 Å². The zero-order chi connectivity index (χ0) is 20.9. The van der Waals surface area contributed by atoms with Crippen LogP contribution in [0.15, 0.2) is 17.1 Å². The Bertz CT molecular complexity index is 773. The molecule has 0 aliphatic carbocycles. The molecule has 9 heteroatoms. The van der Waals surface area contributed by atoms with E-state index in [2.05, 4.69) is 30.7 Å². The zero-order valence-electron chi connectivity index (χ0n) is 17.2. The number of amides is 3. The fraction of sp³-hybridized carbons (Fsp3) is 0.700. The van der Waals surface area contributed by atoms with E-state index in [1.165, 1.54) is 6.21 Å². The second-order valence-electron chi connectivity index (χ2n) is 9.39. The van der Waals surface area contributed by atoms with E-state index in [-0.39, 0.29) is 47.6 Å². The summed E-state index contributed by atoms with van der Waals surface area (Å²) in [5.74, 6) is -0.203. The van der Waals surface area contributed by atoms with E-state index in [1.54, 1.807) is 17.1 Å². The van der Waals surface area contributed by atoms with Crippen LogP contribution in [0.4, 0.5) is 4.79 Å². The first kappa shape index (κ1) is 19.9. The molecule has 0 aromatic rings. The van der Waals surface area contributed by atoms with Crippen molar-refractivity contribution in [2.45, 2.75) is 64.0 Å². The number of ether oxygens (including phenoxy) is 1. The van der Waals surface area contributed by atoms with Crippen molar-refractivity contribution in [3.8, 4) is 0 Å². The molecule has 5 unspecified atom stereocenters. The molecule has 2 fully saturated rings. The number of primary amides is 1. The summed E-state index contributed by atoms with van der Waals surface area (Å²) in [5, 5.41) is 0. The van der Waals surface area contributed by atoms with Gasteiger partial charge in [0.1, 0.15) is 18.3 Å². The van der Waals surface area contributed by atoms with Crippen LogP contribution >= 0.6 is 0 Å². The fourth-order valence-corrected chi connectivity index (χ4v) is 5.17. The van der Waals surface area contributed by atoms with Crippen LogP contribution in [0.1, 0.15) is 33.6 Å². The quantitative estimate of drug-likeness (QED) is 0.731. The lowest BCUT2D eigenvalue weighted by molar-refractivity contribution is -0.135. The van der Waals surface area contributed by atoms with Gasteiger partial charge in [-0.3, -0.25) is 19.5 Å². The molecule has 0 saturated carbocycles. The summed E-state index contributed by atoms with van der Waals surface area (Å²) in [6.07, 6.45) is 4.87. The Morgan fingerprint density at radius 2 is 2.07 bits per heavy atom. The average Bonchev–Trinajstić information content (AvgIpc) is 3.01. The first-order valence-corrected chi connectivity index (χ1v) is 10.2. The molecule has 0 aromatic carbocycles. The molecule has 2 N–H and O–H groups in total. The predicted octanol–water partition coefficient (Wildman–Crippen LogP) is 0.349. The number of hydrogen-bond donors (Lipinski definition) is 1. The molecule has 2 saturated heterocycles. The number of piperidine rings is 1. The minimum absolute atomic E-state index is 0.0431. The third-order valence-corrected chi connectivity index (χ3v) is 6.43. The Balaban J connectivity index is 1.53. The van der Waals surface area contributed by atoms with Crippen LogP contribution in [-0.4, -0.2) is 88.9 Å². The highest BCUT2D eigenvalue weighted by Crippen LogP contribution is 2.36. The molecular weight excluding hydrogens is 374 g/mol. The minimum atomic E-state index is -0.737. The van der Waals surface area contributed by atoms with Crippen LogP contribution in [0.25, 0.3) is 0 Å². The Labute approximate surface area is 170 Å². The lowest BCUT2D eigenvalue weighted by Crippen LogP contribution is -2.58. The largest absolute Gasteiger partial charge is 0.446 e. The fourth-order valence-electron chi connectivity index (χ4n) is 5.17. The molecule has 29 heavy (non-hydrogen) atoms. The molecular formula is C20H29N5O4. The number of likely N-dealkylation sites (tertiary alicyclic amines) is 1. The maximum absolute atomic E-state index is 12.7. The summed E-state index contributed by atoms with van der Waals surface area (Å²) in [6.45, 7) is 8.41. The maximum Gasteiger partial charge on any atom is 0.404 e. The molecule has 0 aromatic heterocycles. The van der Waals surface area contributed by atoms with Gasteiger partial charge in [0.05, 0.1) is 12.3 Å². The molecule has 5 atom stereocenters. The summed E-state index contributed by atoms with van der Waals surface area (Å²) in [6, 6.07) is -0.121. The van der Waals surface area contributed by atoms with Gasteiger partial charge in [-0.2, -0.15) is 0 Å². The highest BCUT2D eigenvalue weighted by molar-refractivity contribution is 6.27. The molecule has 0 spiro atoms. The normalized spacial score (nSPS) is 34.5. The highest BCUT2D eigenvalue weighted by atomic mass is 16.6. The SMILES string of the molecule is CC(C)(C)C1CC(OC(N)=O)CCN1CC1CN2C(=O)C=NC3C=CC(=O)N1C32. The number of rotatable bonds is 3. The molecule has 0 radical (unpaired) electrons. The van der Waals surface area contributed by atoms with Crippen molar-refractivity contribution in [2.75, 3.05) is 19.6 Å². The molecule has 4 heterocycles. The third-order valence-electron chi connectivity index (χ3n) is 6.43. The van der Waals surface area contributed by atoms with Crippen molar-refractivity contribution in [3.05, 3.63) is 12.2 Å². The number of nitrogens with two attached hydrogens (primary N) is 1. The zero-order valence-corrected chi connectivity index (χ0v) is 17.2. The van der Waals surface area contributed by atoms with Crippen molar-refractivity contribution in [3.63, 3.8) is 0 Å². The number of nitrogens with zero attached hydrogens (tertiary/aromatic N) is 4. The van der Waals surface area contributed by atoms with E-state index < -0.39 is 6.09 Å². The van der Waals surface area contributed by atoms with Gasteiger partial charge in [0, 0.05) is 38.2 Å². The molecule has 4 aliphatic rings. The second-order valence-corrected chi connectivity index (χ2v) is 9.39. The van der Waals surface area contributed by atoms with Crippen molar-refractivity contribution in [1.82, 2.24) is 14.7 Å². The summed E-state index contributed by atoms with van der Waals surface area (Å²) in [5.41, 5.74) is 5.18. The summed E-state index contributed by atoms with van der Waals surface area (Å²) in [4.78, 5) is 46.5. The monoisotopic (exact) mass is 403 g/mol. The third kappa shape index (κ3) is 3.63. The summed E-state index contributed by atoms with van der Waals surface area (Å²) >= 11 is 0. The van der Waals surface area contributed by atoms with Crippen molar-refractivity contribution in [2.24, 2.45) is 16.1 Å². The smallest absolute Gasteiger partial charge is 0.404 e. The summed E-state index contributed by atoms with van der Waals surface area (Å²) in [7, 11) is 0. The van der Waals surface area contributed by atoms with Gasteiger partial charge >= 0.3 is 6.09 Å². The van der Waals surface area contributed by atoms with Crippen molar-refractivity contribution in [1.29, 1.82) is 0 Å². The van der Waals surface area contributed by atoms with Crippen LogP contribution in [0.5, 0.6) is 0 Å². The van der Waals surface area contributed by atoms with Crippen LogP contribution in [0.3, 0.4) is 0 Å². The van der Waals surface area contributed by atoms with Gasteiger partial charge in [0.15, 0.2) is 0 Å². The molecule has 0 bridgehead atoms. The van der Waals surface area contributed by atoms with E-state index in [1.807, 2.05) is 4.90 Å². The molecule has 158 valence electrons. The van der Waals surface area contributed by atoms with Crippen molar-refractivity contribution >= 4 is 24.1 Å².